The van der Waals surface area contributed by atoms with Gasteiger partial charge in [0.25, 0.3) is 0 Å². The number of methoxy groups -OCH3 is 1. The highest BCUT2D eigenvalue weighted by Gasteiger charge is 2.36. The van der Waals surface area contributed by atoms with Gasteiger partial charge < -0.3 is 10.1 Å². The Morgan fingerprint density at radius 3 is 2.42 bits per heavy atom. The number of hydrogen-bond acceptors (Lipinski definition) is 4. The fourth-order valence-electron chi connectivity index (χ4n) is 1.50. The molecule has 2 atom stereocenters. The second kappa shape index (κ2) is 3.67. The highest BCUT2D eigenvalue weighted by Crippen LogP contribution is 2.18. The van der Waals surface area contributed by atoms with E-state index in [0.717, 1.165) is 0 Å². The predicted octanol–water partition coefficient (Wildman–Crippen LogP) is -0.416. The molecule has 1 rings (SSSR count). The van der Waals surface area contributed by atoms with Crippen LogP contribution in [0.2, 0.25) is 0 Å². The van der Waals surface area contributed by atoms with Crippen molar-refractivity contribution in [2.45, 2.75) is 6.92 Å². The highest BCUT2D eigenvalue weighted by molar-refractivity contribution is 5.86. The SMILES string of the molecule is COC(=O)[C@H]1CNC[C@@H]1C(C)=O. The van der Waals surface area contributed by atoms with Crippen LogP contribution in [0.3, 0.4) is 0 Å². The molecule has 12 heavy (non-hydrogen) atoms. The lowest BCUT2D eigenvalue weighted by Gasteiger charge is -2.12. The molecule has 1 heterocycles. The van der Waals surface area contributed by atoms with Crippen molar-refractivity contribution in [3.63, 3.8) is 0 Å². The molecule has 4 heteroatoms. The number of esters is 1. The molecule has 0 saturated carbocycles. The second-order valence-corrected chi connectivity index (χ2v) is 3.01. The van der Waals surface area contributed by atoms with Crippen LogP contribution < -0.4 is 5.32 Å². The van der Waals surface area contributed by atoms with Crippen molar-refractivity contribution in [2.24, 2.45) is 11.8 Å². The number of nitrogens with one attached hydrogen (secondary N) is 1. The number of Topliss-reactive ketones (excluding diaryl/α,β-unsaturated/α-hetero) is 1. The predicted molar refractivity (Wildman–Crippen MR) is 42.5 cm³/mol. The maximum absolute atomic E-state index is 11.1. The Hall–Kier alpha value is -0.900. The van der Waals surface area contributed by atoms with Gasteiger partial charge in [-0.2, -0.15) is 0 Å². The molecule has 68 valence electrons. The van der Waals surface area contributed by atoms with Crippen molar-refractivity contribution in [3.8, 4) is 0 Å². The molecule has 0 bridgehead atoms. The van der Waals surface area contributed by atoms with E-state index in [4.69, 9.17) is 0 Å². The maximum Gasteiger partial charge on any atom is 0.310 e. The summed E-state index contributed by atoms with van der Waals surface area (Å²) in [6.07, 6.45) is 0. The van der Waals surface area contributed by atoms with E-state index >= 15 is 0 Å². The normalized spacial score (nSPS) is 28.5. The Bertz CT molecular complexity index is 202. The molecule has 0 aromatic rings. The van der Waals surface area contributed by atoms with Gasteiger partial charge in [0.2, 0.25) is 0 Å². The van der Waals surface area contributed by atoms with Crippen LogP contribution in [0.25, 0.3) is 0 Å². The second-order valence-electron chi connectivity index (χ2n) is 3.01. The third-order valence-corrected chi connectivity index (χ3v) is 2.24. The number of rotatable bonds is 2. The molecule has 0 aromatic carbocycles. The van der Waals surface area contributed by atoms with Crippen molar-refractivity contribution in [1.82, 2.24) is 5.32 Å². The number of ketones is 1. The molecule has 1 N–H and O–H groups in total. The first-order valence-electron chi connectivity index (χ1n) is 3.95. The van der Waals surface area contributed by atoms with Gasteiger partial charge in [0.1, 0.15) is 5.78 Å². The van der Waals surface area contributed by atoms with Crippen molar-refractivity contribution in [2.75, 3.05) is 20.2 Å². The molecule has 0 amide bonds. The van der Waals surface area contributed by atoms with E-state index in [1.54, 1.807) is 0 Å². The average molecular weight is 171 g/mol. The molecule has 0 aliphatic carbocycles. The Morgan fingerprint density at radius 1 is 1.33 bits per heavy atom. The summed E-state index contributed by atoms with van der Waals surface area (Å²) in [7, 11) is 1.35. The maximum atomic E-state index is 11.1. The van der Waals surface area contributed by atoms with Gasteiger partial charge >= 0.3 is 5.97 Å². The lowest BCUT2D eigenvalue weighted by molar-refractivity contribution is -0.148. The number of hydrogen-bond donors (Lipinski definition) is 1. The van der Waals surface area contributed by atoms with Crippen LogP contribution in [-0.2, 0) is 14.3 Å². The molecular formula is C8H13NO3. The van der Waals surface area contributed by atoms with E-state index in [1.807, 2.05) is 0 Å². The van der Waals surface area contributed by atoms with Gasteiger partial charge in [-0.25, -0.2) is 0 Å². The summed E-state index contributed by atoms with van der Waals surface area (Å²) in [5.74, 6) is -0.722. The molecule has 1 aliphatic rings. The minimum absolute atomic E-state index is 0.0513. The summed E-state index contributed by atoms with van der Waals surface area (Å²) in [5.41, 5.74) is 0. The molecule has 1 fully saturated rings. The van der Waals surface area contributed by atoms with Crippen molar-refractivity contribution in [1.29, 1.82) is 0 Å². The van der Waals surface area contributed by atoms with Gasteiger partial charge in [0, 0.05) is 19.0 Å². The van der Waals surface area contributed by atoms with E-state index < -0.39 is 0 Å². The summed E-state index contributed by atoms with van der Waals surface area (Å²) in [5, 5.41) is 3.00. The first-order valence-corrected chi connectivity index (χ1v) is 3.95. The van der Waals surface area contributed by atoms with E-state index in [0.29, 0.717) is 13.1 Å². The monoisotopic (exact) mass is 171 g/mol. The minimum Gasteiger partial charge on any atom is -0.469 e. The molecule has 1 aliphatic heterocycles. The summed E-state index contributed by atoms with van der Waals surface area (Å²) >= 11 is 0. The van der Waals surface area contributed by atoms with Crippen molar-refractivity contribution in [3.05, 3.63) is 0 Å². The van der Waals surface area contributed by atoms with Gasteiger partial charge in [-0.1, -0.05) is 0 Å². The summed E-state index contributed by atoms with van der Waals surface area (Å²) < 4.78 is 4.58. The summed E-state index contributed by atoms with van der Waals surface area (Å²) in [6.45, 7) is 2.65. The van der Waals surface area contributed by atoms with Gasteiger partial charge in [0.05, 0.1) is 13.0 Å². The standard InChI is InChI=1S/C8H13NO3/c1-5(10)6-3-9-4-7(6)8(11)12-2/h6-7,9H,3-4H2,1-2H3/t6-,7+/m1/s1. The Kier molecular flexibility index (Phi) is 2.81. The highest BCUT2D eigenvalue weighted by atomic mass is 16.5. The number of carbonyl (C=O) groups is 2. The van der Waals surface area contributed by atoms with Gasteiger partial charge in [-0.05, 0) is 6.92 Å². The van der Waals surface area contributed by atoms with Gasteiger partial charge in [-0.15, -0.1) is 0 Å². The van der Waals surface area contributed by atoms with Gasteiger partial charge in [0.15, 0.2) is 0 Å². The lowest BCUT2D eigenvalue weighted by Crippen LogP contribution is -2.28. The largest absolute Gasteiger partial charge is 0.469 e. The summed E-state index contributed by atoms with van der Waals surface area (Å²) in [4.78, 5) is 22.1. The van der Waals surface area contributed by atoms with Crippen LogP contribution in [0.1, 0.15) is 6.92 Å². The molecule has 0 spiro atoms. The van der Waals surface area contributed by atoms with E-state index in [9.17, 15) is 9.59 Å². The van der Waals surface area contributed by atoms with Crippen LogP contribution in [0, 0.1) is 11.8 Å². The molecule has 0 unspecified atom stereocenters. The topological polar surface area (TPSA) is 55.4 Å². The molecule has 1 saturated heterocycles. The molecular weight excluding hydrogens is 158 g/mol. The van der Waals surface area contributed by atoms with Crippen molar-refractivity contribution < 1.29 is 14.3 Å². The van der Waals surface area contributed by atoms with E-state index in [-0.39, 0.29) is 23.6 Å². The van der Waals surface area contributed by atoms with Crippen LogP contribution in [0.15, 0.2) is 0 Å². The molecule has 0 aromatic heterocycles. The van der Waals surface area contributed by atoms with Crippen LogP contribution in [0.4, 0.5) is 0 Å². The quantitative estimate of drug-likeness (QED) is 0.573. The molecule has 4 nitrogen and oxygen atoms in total. The lowest BCUT2D eigenvalue weighted by atomic mass is 9.93. The zero-order valence-electron chi connectivity index (χ0n) is 7.29. The Labute approximate surface area is 71.3 Å². The fraction of sp³-hybridized carbons (Fsp3) is 0.750. The van der Waals surface area contributed by atoms with Crippen molar-refractivity contribution >= 4 is 11.8 Å². The smallest absolute Gasteiger partial charge is 0.310 e. The average Bonchev–Trinajstić information content (AvgIpc) is 2.50. The van der Waals surface area contributed by atoms with E-state index in [1.165, 1.54) is 14.0 Å². The summed E-state index contributed by atoms with van der Waals surface area (Å²) in [6, 6.07) is 0. The first kappa shape index (κ1) is 9.19. The fourth-order valence-corrected chi connectivity index (χ4v) is 1.50. The minimum atomic E-state index is -0.291. The van der Waals surface area contributed by atoms with Crippen LogP contribution >= 0.6 is 0 Å². The number of ether oxygens (including phenoxy) is 1. The molecule has 0 radical (unpaired) electrons. The zero-order valence-corrected chi connectivity index (χ0v) is 7.29. The van der Waals surface area contributed by atoms with Crippen LogP contribution in [-0.4, -0.2) is 32.0 Å². The third kappa shape index (κ3) is 1.64. The van der Waals surface area contributed by atoms with E-state index in [2.05, 4.69) is 10.1 Å². The Morgan fingerprint density at radius 2 is 1.92 bits per heavy atom. The number of carbonyl (C=O) groups excluding carboxylic acids is 2. The van der Waals surface area contributed by atoms with Crippen LogP contribution in [0.5, 0.6) is 0 Å². The van der Waals surface area contributed by atoms with Gasteiger partial charge in [-0.3, -0.25) is 9.59 Å². The Balaban J connectivity index is 2.63. The first-order chi connectivity index (χ1) is 5.66. The third-order valence-electron chi connectivity index (χ3n) is 2.24. The zero-order chi connectivity index (χ0) is 9.14.